The lowest BCUT2D eigenvalue weighted by atomic mass is 10.1. The van der Waals surface area contributed by atoms with Gasteiger partial charge in [-0.2, -0.15) is 0 Å². The molecule has 0 atom stereocenters. The molecule has 4 heteroatoms. The largest absolute Gasteiger partial charge is 0.462 e. The van der Waals surface area contributed by atoms with Gasteiger partial charge >= 0.3 is 11.9 Å². The molecule has 0 heterocycles. The Bertz CT molecular complexity index is 397. The van der Waals surface area contributed by atoms with Crippen molar-refractivity contribution in [3.05, 3.63) is 12.2 Å². The Morgan fingerprint density at radius 2 is 1.50 bits per heavy atom. The molecule has 0 bridgehead atoms. The van der Waals surface area contributed by atoms with Crippen molar-refractivity contribution in [2.45, 2.75) is 109 Å². The number of allylic oxidation sites excluding steroid dienone is 1. The third-order valence-electron chi connectivity index (χ3n) is 4.84. The zero-order valence-electron chi connectivity index (χ0n) is 16.7. The second-order valence-corrected chi connectivity index (χ2v) is 7.31. The highest BCUT2D eigenvalue weighted by atomic mass is 16.5. The van der Waals surface area contributed by atoms with E-state index in [9.17, 15) is 9.59 Å². The molecule has 0 unspecified atom stereocenters. The second-order valence-electron chi connectivity index (χ2n) is 7.31. The predicted molar refractivity (Wildman–Crippen MR) is 105 cm³/mol. The first-order chi connectivity index (χ1) is 12.7. The lowest BCUT2D eigenvalue weighted by Gasteiger charge is -2.10. The number of hydrogen-bond donors (Lipinski definition) is 0. The van der Waals surface area contributed by atoms with E-state index < -0.39 is 0 Å². The van der Waals surface area contributed by atoms with Crippen molar-refractivity contribution in [2.75, 3.05) is 6.61 Å². The molecule has 4 nitrogen and oxygen atoms in total. The molecule has 0 amide bonds. The predicted octanol–water partition coefficient (Wildman–Crippen LogP) is 5.88. The lowest BCUT2D eigenvalue weighted by Crippen LogP contribution is -2.15. The number of unbranched alkanes of at least 4 members (excludes halogenated alkanes) is 7. The van der Waals surface area contributed by atoms with Gasteiger partial charge < -0.3 is 9.47 Å². The maximum absolute atomic E-state index is 11.7. The number of esters is 2. The molecule has 1 rings (SSSR count). The van der Waals surface area contributed by atoms with Gasteiger partial charge in [0.25, 0.3) is 0 Å². The van der Waals surface area contributed by atoms with E-state index in [4.69, 9.17) is 9.47 Å². The molecular formula is C22H38O4. The molecule has 0 aromatic carbocycles. The van der Waals surface area contributed by atoms with Crippen molar-refractivity contribution in [3.8, 4) is 0 Å². The van der Waals surface area contributed by atoms with Crippen LogP contribution in [0.2, 0.25) is 0 Å². The normalized spacial score (nSPS) is 14.8. The maximum atomic E-state index is 11.7. The van der Waals surface area contributed by atoms with Gasteiger partial charge in [-0.15, -0.1) is 0 Å². The first-order valence-electron chi connectivity index (χ1n) is 10.7. The summed E-state index contributed by atoms with van der Waals surface area (Å²) in [6.45, 7) is 2.57. The van der Waals surface area contributed by atoms with Crippen LogP contribution in [0, 0.1) is 0 Å². The summed E-state index contributed by atoms with van der Waals surface area (Å²) in [4.78, 5) is 23.3. The highest BCUT2D eigenvalue weighted by molar-refractivity contribution is 5.72. The Kier molecular flexibility index (Phi) is 13.9. The van der Waals surface area contributed by atoms with E-state index in [-0.39, 0.29) is 24.5 Å². The van der Waals surface area contributed by atoms with Gasteiger partial charge in [-0.1, -0.05) is 57.6 Å². The Balaban J connectivity index is 1.87. The van der Waals surface area contributed by atoms with E-state index in [1.54, 1.807) is 0 Å². The highest BCUT2D eigenvalue weighted by Gasteiger charge is 2.19. The van der Waals surface area contributed by atoms with Gasteiger partial charge in [0.15, 0.2) is 0 Å². The molecule has 1 aliphatic carbocycles. The molecule has 0 aromatic heterocycles. The van der Waals surface area contributed by atoms with Crippen LogP contribution in [-0.2, 0) is 19.1 Å². The van der Waals surface area contributed by atoms with Crippen molar-refractivity contribution in [1.82, 2.24) is 0 Å². The van der Waals surface area contributed by atoms with Crippen molar-refractivity contribution in [3.63, 3.8) is 0 Å². The third-order valence-corrected chi connectivity index (χ3v) is 4.84. The maximum Gasteiger partial charge on any atom is 0.306 e. The summed E-state index contributed by atoms with van der Waals surface area (Å²) in [7, 11) is 0. The standard InChI is InChI=1S/C22H38O4/c1-2-3-4-5-6-7-8-9-10-13-19-25-21(23)17-14-18-22(24)26-20-15-11-12-16-20/h10,13,20H,2-9,11-12,14-19H2,1H3/b13-10+. The molecule has 150 valence electrons. The SMILES string of the molecule is CCCCCCCCC/C=C/COC(=O)CCCC(=O)OC1CCCC1. The zero-order chi connectivity index (χ0) is 18.9. The van der Waals surface area contributed by atoms with Crippen LogP contribution in [-0.4, -0.2) is 24.6 Å². The van der Waals surface area contributed by atoms with Crippen LogP contribution in [0.25, 0.3) is 0 Å². The third kappa shape index (κ3) is 13.0. The lowest BCUT2D eigenvalue weighted by molar-refractivity contribution is -0.149. The average Bonchev–Trinajstić information content (AvgIpc) is 3.12. The number of carbonyl (C=O) groups excluding carboxylic acids is 2. The van der Waals surface area contributed by atoms with Gasteiger partial charge in [0, 0.05) is 12.8 Å². The Hall–Kier alpha value is -1.32. The topological polar surface area (TPSA) is 52.6 Å². The van der Waals surface area contributed by atoms with E-state index in [0.29, 0.717) is 19.4 Å². The molecule has 0 N–H and O–H groups in total. The smallest absolute Gasteiger partial charge is 0.306 e. The Morgan fingerprint density at radius 1 is 0.846 bits per heavy atom. The summed E-state index contributed by atoms with van der Waals surface area (Å²) in [6, 6.07) is 0. The minimum Gasteiger partial charge on any atom is -0.462 e. The fraction of sp³-hybridized carbons (Fsp3) is 0.818. The second kappa shape index (κ2) is 15.9. The van der Waals surface area contributed by atoms with Gasteiger partial charge in [-0.25, -0.2) is 0 Å². The summed E-state index contributed by atoms with van der Waals surface area (Å²) in [5.74, 6) is -0.418. The fourth-order valence-corrected chi connectivity index (χ4v) is 3.25. The summed E-state index contributed by atoms with van der Waals surface area (Å²) >= 11 is 0. The van der Waals surface area contributed by atoms with Crippen LogP contribution in [0.15, 0.2) is 12.2 Å². The van der Waals surface area contributed by atoms with E-state index in [1.807, 2.05) is 6.08 Å². The number of carbonyl (C=O) groups is 2. The number of rotatable bonds is 15. The molecule has 0 radical (unpaired) electrons. The molecule has 0 spiro atoms. The first-order valence-corrected chi connectivity index (χ1v) is 10.7. The molecule has 0 aliphatic heterocycles. The fourth-order valence-electron chi connectivity index (χ4n) is 3.25. The minimum absolute atomic E-state index is 0.107. The molecule has 1 aliphatic rings. The van der Waals surface area contributed by atoms with Crippen LogP contribution in [0.4, 0.5) is 0 Å². The Labute approximate surface area is 159 Å². The van der Waals surface area contributed by atoms with Crippen LogP contribution in [0.3, 0.4) is 0 Å². The first kappa shape index (κ1) is 22.7. The highest BCUT2D eigenvalue weighted by Crippen LogP contribution is 2.21. The van der Waals surface area contributed by atoms with Crippen LogP contribution in [0.1, 0.15) is 103 Å². The van der Waals surface area contributed by atoms with Gasteiger partial charge in [-0.3, -0.25) is 9.59 Å². The van der Waals surface area contributed by atoms with Crippen molar-refractivity contribution < 1.29 is 19.1 Å². The molecule has 26 heavy (non-hydrogen) atoms. The van der Waals surface area contributed by atoms with Crippen LogP contribution >= 0.6 is 0 Å². The number of hydrogen-bond acceptors (Lipinski definition) is 4. The van der Waals surface area contributed by atoms with E-state index in [1.165, 1.54) is 44.9 Å². The molecule has 1 saturated carbocycles. The van der Waals surface area contributed by atoms with Crippen LogP contribution < -0.4 is 0 Å². The molecule has 1 fully saturated rings. The average molecular weight is 367 g/mol. The number of ether oxygens (including phenoxy) is 2. The monoisotopic (exact) mass is 366 g/mol. The van der Waals surface area contributed by atoms with E-state index >= 15 is 0 Å². The van der Waals surface area contributed by atoms with E-state index in [2.05, 4.69) is 13.0 Å². The summed E-state index contributed by atoms with van der Waals surface area (Å²) < 4.78 is 10.5. The van der Waals surface area contributed by atoms with Crippen molar-refractivity contribution >= 4 is 11.9 Å². The van der Waals surface area contributed by atoms with Crippen LogP contribution in [0.5, 0.6) is 0 Å². The summed E-state index contributed by atoms with van der Waals surface area (Å²) in [5, 5.41) is 0. The molecule has 0 saturated heterocycles. The van der Waals surface area contributed by atoms with Gasteiger partial charge in [-0.05, 0) is 44.9 Å². The summed E-state index contributed by atoms with van der Waals surface area (Å²) in [6.07, 6.45) is 19.7. The quantitative estimate of drug-likeness (QED) is 0.206. The molecular weight excluding hydrogens is 328 g/mol. The van der Waals surface area contributed by atoms with Gasteiger partial charge in [0.2, 0.25) is 0 Å². The van der Waals surface area contributed by atoms with Crippen molar-refractivity contribution in [2.24, 2.45) is 0 Å². The van der Waals surface area contributed by atoms with Gasteiger partial charge in [0.1, 0.15) is 12.7 Å². The summed E-state index contributed by atoms with van der Waals surface area (Å²) in [5.41, 5.74) is 0. The zero-order valence-corrected chi connectivity index (χ0v) is 16.7. The van der Waals surface area contributed by atoms with Crippen molar-refractivity contribution in [1.29, 1.82) is 0 Å². The molecule has 0 aromatic rings. The van der Waals surface area contributed by atoms with E-state index in [0.717, 1.165) is 32.1 Å². The minimum atomic E-state index is -0.237. The Morgan fingerprint density at radius 3 is 2.23 bits per heavy atom. The van der Waals surface area contributed by atoms with Gasteiger partial charge in [0.05, 0.1) is 0 Å².